The van der Waals surface area contributed by atoms with E-state index < -0.39 is 5.82 Å². The van der Waals surface area contributed by atoms with Gasteiger partial charge in [-0.3, -0.25) is 0 Å². The molecule has 4 nitrogen and oxygen atoms in total. The summed E-state index contributed by atoms with van der Waals surface area (Å²) in [5.74, 6) is -0.436. The molecule has 0 fully saturated rings. The van der Waals surface area contributed by atoms with Gasteiger partial charge in [0.25, 0.3) is 6.01 Å². The zero-order valence-corrected chi connectivity index (χ0v) is 12.3. The molecule has 0 aliphatic carbocycles. The zero-order valence-electron chi connectivity index (χ0n) is 9.95. The summed E-state index contributed by atoms with van der Waals surface area (Å²) in [5, 5.41) is 3.12. The van der Waals surface area contributed by atoms with Crippen molar-refractivity contribution in [3.63, 3.8) is 0 Å². The molecular formula is C13H8BrClFN3O. The first-order valence-corrected chi connectivity index (χ1v) is 6.78. The number of rotatable bonds is 2. The van der Waals surface area contributed by atoms with Gasteiger partial charge in [-0.1, -0.05) is 17.7 Å². The Balaban J connectivity index is 2.04. The van der Waals surface area contributed by atoms with Crippen LogP contribution in [0.2, 0.25) is 5.02 Å². The second kappa shape index (κ2) is 4.96. The minimum absolute atomic E-state index is 0.215. The van der Waals surface area contributed by atoms with Crippen LogP contribution in [0, 0.1) is 5.82 Å². The first kappa shape index (κ1) is 13.2. The molecule has 1 heterocycles. The number of nitrogens with zero attached hydrogens (tertiary/aromatic N) is 1. The van der Waals surface area contributed by atoms with Crippen LogP contribution in [0.25, 0.3) is 11.1 Å². The fraction of sp³-hybridized carbons (Fsp3) is 0. The smallest absolute Gasteiger partial charge is 0.300 e. The molecule has 0 unspecified atom stereocenters. The van der Waals surface area contributed by atoms with Crippen molar-refractivity contribution >= 4 is 56.0 Å². The number of anilines is 3. The molecule has 0 aliphatic heterocycles. The summed E-state index contributed by atoms with van der Waals surface area (Å²) >= 11 is 9.22. The van der Waals surface area contributed by atoms with Gasteiger partial charge in [0.1, 0.15) is 11.3 Å². The molecule has 0 bridgehead atoms. The molecule has 20 heavy (non-hydrogen) atoms. The predicted molar refractivity (Wildman–Crippen MR) is 80.8 cm³/mol. The average Bonchev–Trinajstić information content (AvgIpc) is 2.78. The minimum atomic E-state index is -0.436. The zero-order chi connectivity index (χ0) is 14.3. The van der Waals surface area contributed by atoms with Crippen LogP contribution in [0.3, 0.4) is 0 Å². The lowest BCUT2D eigenvalue weighted by molar-refractivity contribution is 0.620. The number of hydrogen-bond acceptors (Lipinski definition) is 4. The van der Waals surface area contributed by atoms with Gasteiger partial charge in [0.05, 0.1) is 16.4 Å². The monoisotopic (exact) mass is 355 g/mol. The minimum Gasteiger partial charge on any atom is -0.423 e. The molecule has 0 aliphatic rings. The van der Waals surface area contributed by atoms with Crippen LogP contribution < -0.4 is 11.1 Å². The van der Waals surface area contributed by atoms with Crippen LogP contribution >= 0.6 is 27.5 Å². The molecule has 102 valence electrons. The number of oxazole rings is 1. The van der Waals surface area contributed by atoms with Gasteiger partial charge in [0.2, 0.25) is 0 Å². The summed E-state index contributed by atoms with van der Waals surface area (Å²) in [4.78, 5) is 4.24. The van der Waals surface area contributed by atoms with Crippen molar-refractivity contribution < 1.29 is 8.81 Å². The summed E-state index contributed by atoms with van der Waals surface area (Å²) < 4.78 is 19.2. The molecule has 2 aromatic carbocycles. The molecule has 0 radical (unpaired) electrons. The van der Waals surface area contributed by atoms with Crippen molar-refractivity contribution in [1.82, 2.24) is 4.98 Å². The second-order valence-corrected chi connectivity index (χ2v) is 5.34. The summed E-state index contributed by atoms with van der Waals surface area (Å²) in [6, 6.07) is 7.98. The van der Waals surface area contributed by atoms with Crippen LogP contribution in [0.15, 0.2) is 39.2 Å². The van der Waals surface area contributed by atoms with Gasteiger partial charge in [0, 0.05) is 4.47 Å². The van der Waals surface area contributed by atoms with Crippen LogP contribution in [0.4, 0.5) is 21.8 Å². The topological polar surface area (TPSA) is 64.1 Å². The highest BCUT2D eigenvalue weighted by Crippen LogP contribution is 2.35. The summed E-state index contributed by atoms with van der Waals surface area (Å²) in [5.41, 5.74) is 7.91. The molecule has 3 N–H and O–H groups in total. The Morgan fingerprint density at radius 1 is 1.35 bits per heavy atom. The van der Waals surface area contributed by atoms with Crippen molar-refractivity contribution in [2.75, 3.05) is 11.1 Å². The lowest BCUT2D eigenvalue weighted by Gasteiger charge is -2.07. The van der Waals surface area contributed by atoms with Crippen molar-refractivity contribution in [2.45, 2.75) is 0 Å². The molecule has 3 aromatic rings. The number of hydrogen-bond donors (Lipinski definition) is 2. The third-order valence-electron chi connectivity index (χ3n) is 2.69. The summed E-state index contributed by atoms with van der Waals surface area (Å²) in [7, 11) is 0. The maximum Gasteiger partial charge on any atom is 0.300 e. The van der Waals surface area contributed by atoms with Crippen LogP contribution in [-0.4, -0.2) is 4.98 Å². The van der Waals surface area contributed by atoms with Crippen molar-refractivity contribution in [3.8, 4) is 0 Å². The molecule has 3 rings (SSSR count). The Bertz CT molecular complexity index is 782. The maximum absolute atomic E-state index is 13.2. The SMILES string of the molecule is Nc1cccc2oc(Nc3c(Cl)cc(F)cc3Br)nc12. The second-order valence-electron chi connectivity index (χ2n) is 4.08. The summed E-state index contributed by atoms with van der Waals surface area (Å²) in [6.07, 6.45) is 0. The molecule has 0 amide bonds. The van der Waals surface area contributed by atoms with E-state index in [1.807, 2.05) is 0 Å². The van der Waals surface area contributed by atoms with Crippen LogP contribution in [-0.2, 0) is 0 Å². The standard InChI is InChI=1S/C13H8BrClFN3O/c14-7-4-6(16)5-8(15)11(7)18-13-19-12-9(17)2-1-3-10(12)20-13/h1-5H,17H2,(H,18,19). The number of nitrogens with two attached hydrogens (primary N) is 1. The van der Waals surface area contributed by atoms with Gasteiger partial charge in [-0.15, -0.1) is 0 Å². The largest absolute Gasteiger partial charge is 0.423 e. The van der Waals surface area contributed by atoms with E-state index in [9.17, 15) is 4.39 Å². The number of halogens is 3. The van der Waals surface area contributed by atoms with Gasteiger partial charge in [-0.25, -0.2) is 4.39 Å². The molecule has 0 spiro atoms. The Hall–Kier alpha value is -1.79. The highest BCUT2D eigenvalue weighted by Gasteiger charge is 2.13. The maximum atomic E-state index is 13.2. The summed E-state index contributed by atoms with van der Waals surface area (Å²) in [6.45, 7) is 0. The van der Waals surface area contributed by atoms with Crippen molar-refractivity contribution in [2.24, 2.45) is 0 Å². The van der Waals surface area contributed by atoms with E-state index in [0.717, 1.165) is 0 Å². The van der Waals surface area contributed by atoms with E-state index in [0.29, 0.717) is 26.9 Å². The Labute approximate surface area is 126 Å². The molecular weight excluding hydrogens is 349 g/mol. The third kappa shape index (κ3) is 2.32. The van der Waals surface area contributed by atoms with E-state index in [2.05, 4.69) is 26.2 Å². The van der Waals surface area contributed by atoms with Gasteiger partial charge < -0.3 is 15.5 Å². The normalized spacial score (nSPS) is 10.9. The molecule has 7 heteroatoms. The number of fused-ring (bicyclic) bond motifs is 1. The molecule has 0 saturated heterocycles. The Kier molecular flexibility index (Phi) is 3.27. The Morgan fingerprint density at radius 2 is 2.15 bits per heavy atom. The van der Waals surface area contributed by atoms with E-state index in [1.54, 1.807) is 18.2 Å². The van der Waals surface area contributed by atoms with Gasteiger partial charge in [0.15, 0.2) is 5.58 Å². The van der Waals surface area contributed by atoms with Gasteiger partial charge in [-0.2, -0.15) is 4.98 Å². The van der Waals surface area contributed by atoms with E-state index in [-0.39, 0.29) is 11.0 Å². The lowest BCUT2D eigenvalue weighted by Crippen LogP contribution is -1.94. The number of nitrogens with one attached hydrogen (secondary N) is 1. The molecule has 0 saturated carbocycles. The first-order chi connectivity index (χ1) is 9.54. The lowest BCUT2D eigenvalue weighted by atomic mass is 10.3. The van der Waals surface area contributed by atoms with Crippen molar-refractivity contribution in [3.05, 3.63) is 45.6 Å². The Morgan fingerprint density at radius 3 is 2.85 bits per heavy atom. The fourth-order valence-corrected chi connectivity index (χ4v) is 2.69. The number of aromatic nitrogens is 1. The highest BCUT2D eigenvalue weighted by atomic mass is 79.9. The third-order valence-corrected chi connectivity index (χ3v) is 3.61. The van der Waals surface area contributed by atoms with E-state index >= 15 is 0 Å². The van der Waals surface area contributed by atoms with E-state index in [1.165, 1.54) is 12.1 Å². The highest BCUT2D eigenvalue weighted by molar-refractivity contribution is 9.10. The van der Waals surface area contributed by atoms with Gasteiger partial charge >= 0.3 is 0 Å². The predicted octanol–water partition coefficient (Wildman–Crippen LogP) is 4.71. The quantitative estimate of drug-likeness (QED) is 0.653. The fourth-order valence-electron chi connectivity index (χ4n) is 1.79. The number of para-hydroxylation sites is 1. The van der Waals surface area contributed by atoms with Crippen LogP contribution in [0.1, 0.15) is 0 Å². The van der Waals surface area contributed by atoms with Crippen LogP contribution in [0.5, 0.6) is 0 Å². The first-order valence-electron chi connectivity index (χ1n) is 5.61. The number of benzene rings is 2. The van der Waals surface area contributed by atoms with Crippen molar-refractivity contribution in [1.29, 1.82) is 0 Å². The van der Waals surface area contributed by atoms with Gasteiger partial charge in [-0.05, 0) is 40.2 Å². The van der Waals surface area contributed by atoms with E-state index in [4.69, 9.17) is 21.8 Å². The number of nitrogen functional groups attached to an aromatic ring is 1. The average molecular weight is 357 g/mol. The molecule has 0 atom stereocenters. The molecule has 1 aromatic heterocycles.